The zero-order valence-corrected chi connectivity index (χ0v) is 9.76. The Labute approximate surface area is 103 Å². The van der Waals surface area contributed by atoms with Crippen molar-refractivity contribution in [1.82, 2.24) is 14.4 Å². The van der Waals surface area contributed by atoms with Crippen LogP contribution in [0.15, 0.2) is 58.8 Å². The molecule has 2 heterocycles. The summed E-state index contributed by atoms with van der Waals surface area (Å²) in [6.45, 7) is 0. The van der Waals surface area contributed by atoms with E-state index in [9.17, 15) is 0 Å². The Balaban J connectivity index is 1.97. The molecule has 0 bridgehead atoms. The first-order chi connectivity index (χ1) is 8.33. The third-order valence-corrected chi connectivity index (χ3v) is 3.38. The van der Waals surface area contributed by atoms with E-state index in [0.717, 1.165) is 15.6 Å². The molecule has 0 fully saturated rings. The molecule has 0 spiro atoms. The highest BCUT2D eigenvalue weighted by molar-refractivity contribution is 7.99. The Bertz CT molecular complexity index is 645. The number of anilines is 1. The number of rotatable bonds is 2. The number of hydrogen-bond donors (Lipinski definition) is 1. The van der Waals surface area contributed by atoms with Crippen LogP contribution in [-0.4, -0.2) is 14.4 Å². The van der Waals surface area contributed by atoms with E-state index in [1.165, 1.54) is 0 Å². The van der Waals surface area contributed by atoms with E-state index in [4.69, 9.17) is 5.73 Å². The van der Waals surface area contributed by atoms with Gasteiger partial charge in [-0.3, -0.25) is 4.40 Å². The first kappa shape index (κ1) is 10.2. The Morgan fingerprint density at radius 1 is 1.12 bits per heavy atom. The van der Waals surface area contributed by atoms with E-state index >= 15 is 0 Å². The van der Waals surface area contributed by atoms with E-state index in [1.807, 2.05) is 47.1 Å². The van der Waals surface area contributed by atoms with Crippen molar-refractivity contribution in [2.75, 3.05) is 5.73 Å². The van der Waals surface area contributed by atoms with Crippen molar-refractivity contribution in [3.05, 3.63) is 48.9 Å². The molecule has 0 aliphatic carbocycles. The first-order valence-electron chi connectivity index (χ1n) is 5.14. The monoisotopic (exact) mass is 242 g/mol. The second kappa shape index (κ2) is 4.10. The number of nitrogens with zero attached hydrogens (tertiary/aromatic N) is 3. The van der Waals surface area contributed by atoms with Crippen LogP contribution in [0.3, 0.4) is 0 Å². The Kier molecular flexibility index (Phi) is 2.45. The van der Waals surface area contributed by atoms with E-state index in [0.29, 0.717) is 5.78 Å². The number of aromatic nitrogens is 3. The molecule has 0 saturated carbocycles. The van der Waals surface area contributed by atoms with Crippen LogP contribution in [0.5, 0.6) is 0 Å². The normalized spacial score (nSPS) is 10.8. The standard InChI is InChI=1S/C12H10N4S/c13-9-2-4-10(5-3-9)17-11-8-15-12-14-6-1-7-16(11)12/h1-8H,13H2. The van der Waals surface area contributed by atoms with Gasteiger partial charge in [0.25, 0.3) is 0 Å². The lowest BCUT2D eigenvalue weighted by Gasteiger charge is -2.01. The third kappa shape index (κ3) is 1.97. The maximum absolute atomic E-state index is 5.65. The summed E-state index contributed by atoms with van der Waals surface area (Å²) in [6, 6.07) is 9.67. The number of fused-ring (bicyclic) bond motifs is 1. The summed E-state index contributed by atoms with van der Waals surface area (Å²) in [5.74, 6) is 0.713. The molecule has 17 heavy (non-hydrogen) atoms. The van der Waals surface area contributed by atoms with Crippen molar-refractivity contribution in [3.63, 3.8) is 0 Å². The van der Waals surface area contributed by atoms with Gasteiger partial charge in [-0.15, -0.1) is 0 Å². The Morgan fingerprint density at radius 2 is 1.94 bits per heavy atom. The zero-order valence-electron chi connectivity index (χ0n) is 8.95. The summed E-state index contributed by atoms with van der Waals surface area (Å²) in [5, 5.41) is 1.04. The smallest absolute Gasteiger partial charge is 0.234 e. The lowest BCUT2D eigenvalue weighted by atomic mass is 10.3. The number of imidazole rings is 1. The molecule has 0 saturated heterocycles. The topological polar surface area (TPSA) is 56.2 Å². The van der Waals surface area contributed by atoms with Gasteiger partial charge in [0.05, 0.1) is 6.20 Å². The zero-order chi connectivity index (χ0) is 11.7. The largest absolute Gasteiger partial charge is 0.399 e. The van der Waals surface area contributed by atoms with Crippen LogP contribution in [0.25, 0.3) is 5.78 Å². The summed E-state index contributed by atoms with van der Waals surface area (Å²) >= 11 is 1.64. The van der Waals surface area contributed by atoms with E-state index in [2.05, 4.69) is 9.97 Å². The molecule has 2 N–H and O–H groups in total. The van der Waals surface area contributed by atoms with Gasteiger partial charge in [-0.1, -0.05) is 11.8 Å². The van der Waals surface area contributed by atoms with Crippen molar-refractivity contribution >= 4 is 23.2 Å². The summed E-state index contributed by atoms with van der Waals surface area (Å²) in [5.41, 5.74) is 6.43. The maximum Gasteiger partial charge on any atom is 0.234 e. The lowest BCUT2D eigenvalue weighted by Crippen LogP contribution is -1.88. The molecule has 3 rings (SSSR count). The van der Waals surface area contributed by atoms with Crippen LogP contribution in [0.2, 0.25) is 0 Å². The number of nitrogens with two attached hydrogens (primary N) is 1. The minimum atomic E-state index is 0.713. The van der Waals surface area contributed by atoms with Crippen LogP contribution in [0.4, 0.5) is 5.69 Å². The van der Waals surface area contributed by atoms with Crippen molar-refractivity contribution in [1.29, 1.82) is 0 Å². The van der Waals surface area contributed by atoms with Crippen molar-refractivity contribution in [2.45, 2.75) is 9.92 Å². The molecule has 0 atom stereocenters. The van der Waals surface area contributed by atoms with E-state index < -0.39 is 0 Å². The van der Waals surface area contributed by atoms with E-state index in [1.54, 1.807) is 18.0 Å². The number of nitrogen functional groups attached to an aromatic ring is 1. The van der Waals surface area contributed by atoms with Gasteiger partial charge in [0.1, 0.15) is 5.03 Å². The maximum atomic E-state index is 5.65. The highest BCUT2D eigenvalue weighted by atomic mass is 32.2. The van der Waals surface area contributed by atoms with E-state index in [-0.39, 0.29) is 0 Å². The quantitative estimate of drug-likeness (QED) is 0.701. The summed E-state index contributed by atoms with van der Waals surface area (Å²) in [7, 11) is 0. The van der Waals surface area contributed by atoms with Gasteiger partial charge < -0.3 is 5.73 Å². The van der Waals surface area contributed by atoms with Crippen LogP contribution < -0.4 is 5.73 Å². The lowest BCUT2D eigenvalue weighted by molar-refractivity contribution is 1.01. The molecule has 4 nitrogen and oxygen atoms in total. The summed E-state index contributed by atoms with van der Waals surface area (Å²) in [6.07, 6.45) is 5.51. The highest BCUT2D eigenvalue weighted by Crippen LogP contribution is 2.28. The Hall–Kier alpha value is -2.01. The molecule has 1 aromatic carbocycles. The average Bonchev–Trinajstić information content (AvgIpc) is 2.76. The van der Waals surface area contributed by atoms with Gasteiger partial charge in [-0.2, -0.15) is 0 Å². The molecule has 0 aliphatic rings. The fourth-order valence-corrected chi connectivity index (χ4v) is 2.40. The molecule has 2 aromatic heterocycles. The highest BCUT2D eigenvalue weighted by Gasteiger charge is 2.04. The van der Waals surface area contributed by atoms with Crippen LogP contribution in [-0.2, 0) is 0 Å². The molecule has 0 radical (unpaired) electrons. The van der Waals surface area contributed by atoms with Crippen molar-refractivity contribution in [2.24, 2.45) is 0 Å². The number of hydrogen-bond acceptors (Lipinski definition) is 4. The van der Waals surface area contributed by atoms with Gasteiger partial charge in [0.2, 0.25) is 5.78 Å². The predicted molar refractivity (Wildman–Crippen MR) is 68.0 cm³/mol. The minimum absolute atomic E-state index is 0.713. The molecule has 5 heteroatoms. The third-order valence-electron chi connectivity index (χ3n) is 2.36. The van der Waals surface area contributed by atoms with Crippen molar-refractivity contribution < 1.29 is 0 Å². The molecular weight excluding hydrogens is 232 g/mol. The Morgan fingerprint density at radius 3 is 2.76 bits per heavy atom. The first-order valence-corrected chi connectivity index (χ1v) is 5.96. The van der Waals surface area contributed by atoms with Gasteiger partial charge in [0, 0.05) is 23.0 Å². The van der Waals surface area contributed by atoms with Crippen LogP contribution in [0.1, 0.15) is 0 Å². The SMILES string of the molecule is Nc1ccc(Sc2cnc3ncccn23)cc1. The molecular formula is C12H10N4S. The summed E-state index contributed by atoms with van der Waals surface area (Å²) < 4.78 is 1.96. The number of benzene rings is 1. The molecule has 84 valence electrons. The van der Waals surface area contributed by atoms with Gasteiger partial charge in [-0.25, -0.2) is 9.97 Å². The fraction of sp³-hybridized carbons (Fsp3) is 0. The average molecular weight is 242 g/mol. The van der Waals surface area contributed by atoms with Gasteiger partial charge >= 0.3 is 0 Å². The molecule has 3 aromatic rings. The van der Waals surface area contributed by atoms with Gasteiger partial charge in [-0.05, 0) is 30.3 Å². The second-order valence-corrected chi connectivity index (χ2v) is 4.65. The molecule has 0 amide bonds. The van der Waals surface area contributed by atoms with Gasteiger partial charge in [0.15, 0.2) is 0 Å². The molecule has 0 aliphatic heterocycles. The second-order valence-electron chi connectivity index (χ2n) is 3.56. The van der Waals surface area contributed by atoms with Crippen LogP contribution in [0, 0.1) is 0 Å². The van der Waals surface area contributed by atoms with Crippen LogP contribution >= 0.6 is 11.8 Å². The fourth-order valence-electron chi connectivity index (χ4n) is 1.54. The molecule has 0 unspecified atom stereocenters. The summed E-state index contributed by atoms with van der Waals surface area (Å²) in [4.78, 5) is 9.54. The van der Waals surface area contributed by atoms with Crippen molar-refractivity contribution in [3.8, 4) is 0 Å². The predicted octanol–water partition coefficient (Wildman–Crippen LogP) is 2.46. The minimum Gasteiger partial charge on any atom is -0.399 e.